The highest BCUT2D eigenvalue weighted by Crippen LogP contribution is 2.29. The molecular formula is C18H16N6O5. The number of carbonyl (C=O) groups is 1. The Hall–Kier alpha value is -3.86. The molecule has 148 valence electrons. The predicted octanol–water partition coefficient (Wildman–Crippen LogP) is 1.36. The number of aliphatic hydroxyl groups excluding tert-OH is 1. The normalized spacial score (nSPS) is 12.1. The SMILES string of the molecule is COC(=O)c1ccc(C(O)c2nn3c(-c4cc(C)on4)nnc3cc2OC)nc1. The van der Waals surface area contributed by atoms with Crippen LogP contribution < -0.4 is 4.74 Å². The maximum Gasteiger partial charge on any atom is 0.339 e. The van der Waals surface area contributed by atoms with Gasteiger partial charge in [0.25, 0.3) is 0 Å². The lowest BCUT2D eigenvalue weighted by Gasteiger charge is -2.14. The minimum Gasteiger partial charge on any atom is -0.495 e. The van der Waals surface area contributed by atoms with Crippen molar-refractivity contribution < 1.29 is 23.9 Å². The van der Waals surface area contributed by atoms with E-state index in [4.69, 9.17) is 9.26 Å². The Morgan fingerprint density at radius 3 is 2.69 bits per heavy atom. The van der Waals surface area contributed by atoms with Crippen molar-refractivity contribution in [2.75, 3.05) is 14.2 Å². The minimum absolute atomic E-state index is 0.194. The lowest BCUT2D eigenvalue weighted by molar-refractivity contribution is 0.0600. The number of aryl methyl sites for hydroxylation is 1. The number of nitrogens with zero attached hydrogens (tertiary/aromatic N) is 6. The van der Waals surface area contributed by atoms with Crippen LogP contribution in [-0.2, 0) is 4.74 Å². The van der Waals surface area contributed by atoms with E-state index in [1.807, 2.05) is 0 Å². The van der Waals surface area contributed by atoms with Gasteiger partial charge in [0.15, 0.2) is 11.3 Å². The number of pyridine rings is 1. The summed E-state index contributed by atoms with van der Waals surface area (Å²) in [6.45, 7) is 1.76. The minimum atomic E-state index is -1.23. The zero-order valence-corrected chi connectivity index (χ0v) is 15.7. The number of aliphatic hydroxyl groups is 1. The van der Waals surface area contributed by atoms with Gasteiger partial charge in [-0.05, 0) is 19.1 Å². The summed E-state index contributed by atoms with van der Waals surface area (Å²) >= 11 is 0. The van der Waals surface area contributed by atoms with Gasteiger partial charge in [-0.15, -0.1) is 10.2 Å². The molecule has 11 heteroatoms. The fourth-order valence-corrected chi connectivity index (χ4v) is 2.76. The molecule has 0 aliphatic rings. The second-order valence-corrected chi connectivity index (χ2v) is 6.08. The third kappa shape index (κ3) is 3.27. The highest BCUT2D eigenvalue weighted by Gasteiger charge is 2.23. The van der Waals surface area contributed by atoms with Crippen LogP contribution in [-0.4, -0.2) is 55.2 Å². The zero-order chi connectivity index (χ0) is 20.5. The largest absolute Gasteiger partial charge is 0.495 e. The second kappa shape index (κ2) is 7.28. The van der Waals surface area contributed by atoms with Crippen molar-refractivity contribution in [2.24, 2.45) is 0 Å². The van der Waals surface area contributed by atoms with E-state index in [2.05, 4.69) is 30.2 Å². The van der Waals surface area contributed by atoms with E-state index in [1.165, 1.54) is 37.1 Å². The third-order valence-corrected chi connectivity index (χ3v) is 4.21. The van der Waals surface area contributed by atoms with Gasteiger partial charge in [0.05, 0.1) is 25.5 Å². The van der Waals surface area contributed by atoms with Crippen molar-refractivity contribution in [1.82, 2.24) is 30.0 Å². The quantitative estimate of drug-likeness (QED) is 0.492. The molecule has 4 heterocycles. The van der Waals surface area contributed by atoms with Crippen LogP contribution in [0.25, 0.3) is 17.2 Å². The molecule has 0 bridgehead atoms. The van der Waals surface area contributed by atoms with Crippen molar-refractivity contribution in [2.45, 2.75) is 13.0 Å². The van der Waals surface area contributed by atoms with Crippen LogP contribution in [0.4, 0.5) is 0 Å². The molecule has 0 radical (unpaired) electrons. The fourth-order valence-electron chi connectivity index (χ4n) is 2.76. The molecule has 0 aliphatic carbocycles. The topological polar surface area (TPSA) is 138 Å². The van der Waals surface area contributed by atoms with Gasteiger partial charge in [0, 0.05) is 18.3 Å². The highest BCUT2D eigenvalue weighted by molar-refractivity contribution is 5.88. The number of ether oxygens (including phenoxy) is 2. The summed E-state index contributed by atoms with van der Waals surface area (Å²) in [5.74, 6) is 0.745. The summed E-state index contributed by atoms with van der Waals surface area (Å²) in [6, 6.07) is 6.31. The van der Waals surface area contributed by atoms with Gasteiger partial charge < -0.3 is 19.1 Å². The zero-order valence-electron chi connectivity index (χ0n) is 15.7. The first-order chi connectivity index (χ1) is 14.0. The van der Waals surface area contributed by atoms with Crippen LogP contribution >= 0.6 is 0 Å². The average Bonchev–Trinajstić information content (AvgIpc) is 3.37. The molecule has 1 atom stereocenters. The van der Waals surface area contributed by atoms with Crippen LogP contribution in [0.15, 0.2) is 35.0 Å². The molecule has 1 N–H and O–H groups in total. The smallest absolute Gasteiger partial charge is 0.339 e. The molecule has 0 amide bonds. The van der Waals surface area contributed by atoms with Gasteiger partial charge in [-0.1, -0.05) is 5.16 Å². The van der Waals surface area contributed by atoms with Gasteiger partial charge in [-0.25, -0.2) is 4.79 Å². The van der Waals surface area contributed by atoms with Crippen LogP contribution in [0.3, 0.4) is 0 Å². The number of hydrogen-bond acceptors (Lipinski definition) is 10. The molecule has 0 fully saturated rings. The van der Waals surface area contributed by atoms with Crippen LogP contribution in [0.5, 0.6) is 5.75 Å². The van der Waals surface area contributed by atoms with Crippen molar-refractivity contribution in [3.05, 3.63) is 53.2 Å². The molecule has 11 nitrogen and oxygen atoms in total. The molecule has 4 aromatic heterocycles. The fraction of sp³-hybridized carbons (Fsp3) is 0.222. The van der Waals surface area contributed by atoms with Crippen LogP contribution in [0.1, 0.15) is 33.6 Å². The van der Waals surface area contributed by atoms with Crippen molar-refractivity contribution >= 4 is 11.6 Å². The molecular weight excluding hydrogens is 380 g/mol. The first-order valence-corrected chi connectivity index (χ1v) is 8.48. The Balaban J connectivity index is 1.78. The summed E-state index contributed by atoms with van der Waals surface area (Å²) in [4.78, 5) is 15.7. The Bertz CT molecular complexity index is 1180. The lowest BCUT2D eigenvalue weighted by Crippen LogP contribution is -2.11. The summed E-state index contributed by atoms with van der Waals surface area (Å²) in [5, 5.41) is 27.4. The summed E-state index contributed by atoms with van der Waals surface area (Å²) in [6.07, 6.45) is 0.0907. The van der Waals surface area contributed by atoms with Gasteiger partial charge in [0.2, 0.25) is 5.82 Å². The van der Waals surface area contributed by atoms with Gasteiger partial charge in [-0.3, -0.25) is 4.98 Å². The molecule has 4 rings (SSSR count). The van der Waals surface area contributed by atoms with E-state index < -0.39 is 12.1 Å². The van der Waals surface area contributed by atoms with Gasteiger partial charge in [0.1, 0.15) is 23.3 Å². The first kappa shape index (κ1) is 18.5. The van der Waals surface area contributed by atoms with E-state index in [1.54, 1.807) is 19.1 Å². The lowest BCUT2D eigenvalue weighted by atomic mass is 10.1. The number of esters is 1. The van der Waals surface area contributed by atoms with Crippen molar-refractivity contribution in [3.63, 3.8) is 0 Å². The molecule has 1 unspecified atom stereocenters. The summed E-state index contributed by atoms with van der Waals surface area (Å²) in [7, 11) is 2.73. The molecule has 29 heavy (non-hydrogen) atoms. The summed E-state index contributed by atoms with van der Waals surface area (Å²) < 4.78 is 16.5. The van der Waals surface area contributed by atoms with Crippen LogP contribution in [0, 0.1) is 6.92 Å². The average molecular weight is 396 g/mol. The highest BCUT2D eigenvalue weighted by atomic mass is 16.5. The predicted molar refractivity (Wildman–Crippen MR) is 97.2 cm³/mol. The standard InChI is InChI=1S/C18H16N6O5/c1-9-6-12(23-29-9)17-21-20-14-7-13(27-2)15(22-24(14)17)16(25)11-5-4-10(8-19-11)18(26)28-3/h4-8,16,25H,1-3H3. The molecule has 0 aliphatic heterocycles. The van der Waals surface area contributed by atoms with E-state index >= 15 is 0 Å². The van der Waals surface area contributed by atoms with E-state index in [0.29, 0.717) is 28.7 Å². The van der Waals surface area contributed by atoms with Crippen molar-refractivity contribution in [3.8, 4) is 17.3 Å². The van der Waals surface area contributed by atoms with E-state index in [9.17, 15) is 9.90 Å². The number of carbonyl (C=O) groups excluding carboxylic acids is 1. The molecule has 4 aromatic rings. The Morgan fingerprint density at radius 1 is 1.24 bits per heavy atom. The second-order valence-electron chi connectivity index (χ2n) is 6.08. The third-order valence-electron chi connectivity index (χ3n) is 4.21. The maximum atomic E-state index is 11.6. The Kier molecular flexibility index (Phi) is 4.64. The number of hydrogen-bond donors (Lipinski definition) is 1. The van der Waals surface area contributed by atoms with E-state index in [-0.39, 0.29) is 17.0 Å². The molecule has 0 spiro atoms. The number of aromatic nitrogens is 6. The van der Waals surface area contributed by atoms with Crippen LogP contribution in [0.2, 0.25) is 0 Å². The molecule has 0 aromatic carbocycles. The number of rotatable bonds is 5. The molecule has 0 saturated carbocycles. The first-order valence-electron chi connectivity index (χ1n) is 8.48. The number of fused-ring (bicyclic) bond motifs is 1. The number of methoxy groups -OCH3 is 2. The Morgan fingerprint density at radius 2 is 2.07 bits per heavy atom. The Labute approximate surface area is 163 Å². The van der Waals surface area contributed by atoms with E-state index in [0.717, 1.165) is 0 Å². The van der Waals surface area contributed by atoms with Gasteiger partial charge >= 0.3 is 5.97 Å². The summed E-state index contributed by atoms with van der Waals surface area (Å²) in [5.41, 5.74) is 1.59. The maximum absolute atomic E-state index is 11.6. The van der Waals surface area contributed by atoms with Gasteiger partial charge in [-0.2, -0.15) is 9.61 Å². The monoisotopic (exact) mass is 396 g/mol. The van der Waals surface area contributed by atoms with Crippen molar-refractivity contribution in [1.29, 1.82) is 0 Å². The molecule has 0 saturated heterocycles.